The van der Waals surface area contributed by atoms with Crippen molar-refractivity contribution in [2.45, 2.75) is 31.3 Å². The number of benzene rings is 8. The Hall–Kier alpha value is -6.64. The maximum Gasteiger partial charge on any atom is 0.136 e. The molecule has 0 spiro atoms. The molecule has 260 valence electrons. The maximum absolute atomic E-state index is 7.03. The van der Waals surface area contributed by atoms with Gasteiger partial charge in [-0.1, -0.05) is 153 Å². The second kappa shape index (κ2) is 11.2. The Kier molecular flexibility index (Phi) is 6.27. The molecule has 2 heterocycles. The zero-order valence-electron chi connectivity index (χ0n) is 30.6. The van der Waals surface area contributed by atoms with Gasteiger partial charge in [-0.3, -0.25) is 0 Å². The lowest BCUT2D eigenvalue weighted by atomic mass is 9.79. The molecule has 9 aromatic rings. The normalized spacial score (nSPS) is 17.4. The first-order valence-corrected chi connectivity index (χ1v) is 19.3. The number of hydrogen-bond acceptors (Lipinski definition) is 2. The molecule has 0 amide bonds. The topological polar surface area (TPSA) is 22.4 Å². The Morgan fingerprint density at radius 3 is 1.85 bits per heavy atom. The quantitative estimate of drug-likeness (QED) is 0.171. The lowest BCUT2D eigenvalue weighted by Crippen LogP contribution is -2.16. The number of furan rings is 1. The van der Waals surface area contributed by atoms with Gasteiger partial charge in [0.25, 0.3) is 0 Å². The molecule has 0 N–H and O–H groups in total. The lowest BCUT2D eigenvalue weighted by Gasteiger charge is -2.23. The second-order valence-electron chi connectivity index (χ2n) is 15.9. The van der Waals surface area contributed by atoms with Crippen LogP contribution >= 0.6 is 0 Å². The zero-order chi connectivity index (χ0) is 36.4. The molecule has 8 aromatic carbocycles. The molecule has 0 saturated heterocycles. The first-order chi connectivity index (χ1) is 27.0. The van der Waals surface area contributed by atoms with E-state index in [2.05, 4.69) is 172 Å². The minimum Gasteiger partial charge on any atom is -0.484 e. The maximum atomic E-state index is 7.03. The first kappa shape index (κ1) is 30.8. The standard InChI is InChI=1S/C53H36O2/c1-53(2)44-20-10-7-13-34(44)35-25-23-31(29-45(35)53)33-27-28-43(51-42-19-9-12-22-47(42)55-52(33)51)50-40-17-5-3-15-38(40)49(39-16-4-6-18-41(39)50)32-24-26-37-36-14-8-11-21-46(36)54-48(37)30-32/h3-30,42,47H,1-2H3. The highest BCUT2D eigenvalue weighted by Gasteiger charge is 2.39. The molecule has 0 saturated carbocycles. The Bertz CT molecular complexity index is 3110. The fourth-order valence-electron chi connectivity index (χ4n) is 10.1. The molecule has 2 heteroatoms. The summed E-state index contributed by atoms with van der Waals surface area (Å²) in [7, 11) is 0. The van der Waals surface area contributed by atoms with Crippen molar-refractivity contribution in [1.29, 1.82) is 0 Å². The van der Waals surface area contributed by atoms with Crippen molar-refractivity contribution < 1.29 is 9.15 Å². The predicted octanol–water partition coefficient (Wildman–Crippen LogP) is 14.2. The summed E-state index contributed by atoms with van der Waals surface area (Å²) in [6.45, 7) is 4.70. The van der Waals surface area contributed by atoms with Crippen LogP contribution in [-0.4, -0.2) is 6.10 Å². The van der Waals surface area contributed by atoms with E-state index in [0.717, 1.165) is 38.8 Å². The van der Waals surface area contributed by atoms with Crippen LogP contribution in [0.25, 0.3) is 88.0 Å². The first-order valence-electron chi connectivity index (χ1n) is 19.3. The molecule has 2 atom stereocenters. The number of ether oxygens (including phenoxy) is 1. The van der Waals surface area contributed by atoms with Gasteiger partial charge in [0, 0.05) is 33.2 Å². The predicted molar refractivity (Wildman–Crippen MR) is 228 cm³/mol. The lowest BCUT2D eigenvalue weighted by molar-refractivity contribution is 0.270. The van der Waals surface area contributed by atoms with Crippen LogP contribution in [0.5, 0.6) is 5.75 Å². The molecule has 0 bridgehead atoms. The molecule has 3 aliphatic rings. The van der Waals surface area contributed by atoms with Gasteiger partial charge in [-0.25, -0.2) is 0 Å². The number of para-hydroxylation sites is 1. The highest BCUT2D eigenvalue weighted by atomic mass is 16.5. The van der Waals surface area contributed by atoms with Crippen LogP contribution in [0.15, 0.2) is 174 Å². The largest absolute Gasteiger partial charge is 0.484 e. The molecule has 1 aliphatic heterocycles. The summed E-state index contributed by atoms with van der Waals surface area (Å²) in [6.07, 6.45) is 8.79. The fraction of sp³-hybridized carbons (Fsp3) is 0.0943. The molecule has 2 unspecified atom stereocenters. The van der Waals surface area contributed by atoms with E-state index in [1.807, 2.05) is 12.1 Å². The van der Waals surface area contributed by atoms with Gasteiger partial charge >= 0.3 is 0 Å². The third-order valence-electron chi connectivity index (χ3n) is 12.6. The summed E-state index contributed by atoms with van der Waals surface area (Å²) >= 11 is 0. The van der Waals surface area contributed by atoms with Crippen LogP contribution in [0.1, 0.15) is 36.5 Å². The van der Waals surface area contributed by atoms with Crippen LogP contribution < -0.4 is 4.74 Å². The number of allylic oxidation sites excluding steroid dienone is 2. The summed E-state index contributed by atoms with van der Waals surface area (Å²) in [6, 6.07) is 53.4. The summed E-state index contributed by atoms with van der Waals surface area (Å²) < 4.78 is 13.4. The minimum atomic E-state index is -0.0834. The Labute approximate surface area is 319 Å². The molecule has 2 nitrogen and oxygen atoms in total. The van der Waals surface area contributed by atoms with Crippen molar-refractivity contribution in [3.63, 3.8) is 0 Å². The highest BCUT2D eigenvalue weighted by molar-refractivity contribution is 6.22. The molecule has 1 aromatic heterocycles. The van der Waals surface area contributed by atoms with Crippen LogP contribution in [0.4, 0.5) is 0 Å². The Morgan fingerprint density at radius 2 is 1.05 bits per heavy atom. The van der Waals surface area contributed by atoms with Gasteiger partial charge in [0.2, 0.25) is 0 Å². The van der Waals surface area contributed by atoms with E-state index in [9.17, 15) is 0 Å². The van der Waals surface area contributed by atoms with Crippen molar-refractivity contribution in [3.8, 4) is 50.3 Å². The van der Waals surface area contributed by atoms with E-state index in [-0.39, 0.29) is 17.4 Å². The van der Waals surface area contributed by atoms with Crippen LogP contribution in [0.2, 0.25) is 0 Å². The fourth-order valence-corrected chi connectivity index (χ4v) is 10.1. The molecular formula is C53H36O2. The second-order valence-corrected chi connectivity index (χ2v) is 15.9. The molecule has 0 fully saturated rings. The van der Waals surface area contributed by atoms with Crippen LogP contribution in [-0.2, 0) is 5.41 Å². The van der Waals surface area contributed by atoms with E-state index in [0.29, 0.717) is 0 Å². The number of hydrogen-bond donors (Lipinski definition) is 0. The summed E-state index contributed by atoms with van der Waals surface area (Å²) in [5, 5.41) is 7.19. The summed E-state index contributed by atoms with van der Waals surface area (Å²) in [5.41, 5.74) is 15.6. The van der Waals surface area contributed by atoms with Gasteiger partial charge in [-0.05, 0) is 102 Å². The van der Waals surface area contributed by atoms with Gasteiger partial charge in [0.15, 0.2) is 0 Å². The Morgan fingerprint density at radius 1 is 0.455 bits per heavy atom. The summed E-state index contributed by atoms with van der Waals surface area (Å²) in [5.74, 6) is 1.10. The van der Waals surface area contributed by atoms with Gasteiger partial charge in [0.1, 0.15) is 23.0 Å². The molecule has 2 aliphatic carbocycles. The minimum absolute atomic E-state index is 0.0534. The molecule has 55 heavy (non-hydrogen) atoms. The van der Waals surface area contributed by atoms with Gasteiger partial charge < -0.3 is 9.15 Å². The molecular weight excluding hydrogens is 669 g/mol. The van der Waals surface area contributed by atoms with Gasteiger partial charge in [0.05, 0.1) is 0 Å². The third kappa shape index (κ3) is 4.25. The van der Waals surface area contributed by atoms with E-state index < -0.39 is 0 Å². The highest BCUT2D eigenvalue weighted by Crippen LogP contribution is 2.55. The monoisotopic (exact) mass is 704 g/mol. The zero-order valence-corrected chi connectivity index (χ0v) is 30.6. The average molecular weight is 705 g/mol. The molecule has 0 radical (unpaired) electrons. The van der Waals surface area contributed by atoms with Crippen molar-refractivity contribution in [2.75, 3.05) is 0 Å². The van der Waals surface area contributed by atoms with Crippen molar-refractivity contribution >= 4 is 43.5 Å². The van der Waals surface area contributed by atoms with E-state index in [1.165, 1.54) is 71.6 Å². The van der Waals surface area contributed by atoms with Gasteiger partial charge in [-0.2, -0.15) is 0 Å². The Balaban J connectivity index is 1.10. The van der Waals surface area contributed by atoms with E-state index >= 15 is 0 Å². The average Bonchev–Trinajstić information content (AvgIpc) is 3.87. The SMILES string of the molecule is CC1(C)c2ccccc2-c2ccc(-c3ccc(-c4c5ccccc5c(-c5ccc6c(c5)oc5ccccc56)c5ccccc45)c4c3OC3C=CC=CC43)cc21. The van der Waals surface area contributed by atoms with Crippen LogP contribution in [0, 0.1) is 0 Å². The summed E-state index contributed by atoms with van der Waals surface area (Å²) in [4.78, 5) is 0. The molecule has 12 rings (SSSR count). The van der Waals surface area contributed by atoms with Crippen molar-refractivity contribution in [1.82, 2.24) is 0 Å². The number of rotatable bonds is 3. The van der Waals surface area contributed by atoms with Crippen molar-refractivity contribution in [2.24, 2.45) is 0 Å². The van der Waals surface area contributed by atoms with Crippen molar-refractivity contribution in [3.05, 3.63) is 187 Å². The van der Waals surface area contributed by atoms with Gasteiger partial charge in [-0.15, -0.1) is 0 Å². The smallest absolute Gasteiger partial charge is 0.136 e. The third-order valence-corrected chi connectivity index (χ3v) is 12.6. The van der Waals surface area contributed by atoms with E-state index in [4.69, 9.17) is 9.15 Å². The van der Waals surface area contributed by atoms with Crippen LogP contribution in [0.3, 0.4) is 0 Å². The number of fused-ring (bicyclic) bond motifs is 11. The van der Waals surface area contributed by atoms with E-state index in [1.54, 1.807) is 0 Å².